The summed E-state index contributed by atoms with van der Waals surface area (Å²) in [7, 11) is 1.75. The third-order valence-electron chi connectivity index (χ3n) is 2.90. The van der Waals surface area contributed by atoms with Gasteiger partial charge in [-0.1, -0.05) is 0 Å². The molecule has 0 bridgehead atoms. The monoisotopic (exact) mass is 290 g/mol. The molecule has 3 aromatic heterocycles. The highest BCUT2D eigenvalue weighted by atomic mass is 32.1. The molecule has 0 fully saturated rings. The lowest BCUT2D eigenvalue weighted by molar-refractivity contribution is 0.192. The molecule has 0 aromatic carbocycles. The predicted octanol–water partition coefficient (Wildman–Crippen LogP) is 1.60. The molecule has 0 aliphatic carbocycles. The number of aromatic nitrogens is 4. The Labute approximate surface area is 119 Å². The molecule has 3 rings (SSSR count). The van der Waals surface area contributed by atoms with E-state index in [1.165, 1.54) is 0 Å². The number of hydrogen-bond donors (Lipinski definition) is 4. The zero-order valence-electron chi connectivity index (χ0n) is 10.8. The Morgan fingerprint density at radius 2 is 2.35 bits per heavy atom. The third-order valence-corrected chi connectivity index (χ3v) is 3.60. The second-order valence-corrected chi connectivity index (χ2v) is 4.98. The van der Waals surface area contributed by atoms with E-state index in [9.17, 15) is 5.11 Å². The van der Waals surface area contributed by atoms with Gasteiger partial charge < -0.3 is 20.7 Å². The number of nitrogens with zero attached hydrogens (tertiary/aromatic N) is 3. The molecule has 3 heterocycles. The summed E-state index contributed by atoms with van der Waals surface area (Å²) < 4.78 is 0. The molecule has 0 amide bonds. The van der Waals surface area contributed by atoms with Gasteiger partial charge in [-0.15, -0.1) is 0 Å². The molecule has 1 unspecified atom stereocenters. The maximum atomic E-state index is 10.1. The van der Waals surface area contributed by atoms with Crippen molar-refractivity contribution in [2.45, 2.75) is 6.10 Å². The van der Waals surface area contributed by atoms with Gasteiger partial charge in [-0.2, -0.15) is 21.3 Å². The number of aliphatic hydroxyl groups is 1. The number of imidazole rings is 1. The highest BCUT2D eigenvalue weighted by Gasteiger charge is 2.12. The molecule has 20 heavy (non-hydrogen) atoms. The highest BCUT2D eigenvalue weighted by Crippen LogP contribution is 2.21. The first kappa shape index (κ1) is 12.8. The first-order valence-corrected chi connectivity index (χ1v) is 7.05. The van der Waals surface area contributed by atoms with Crippen LogP contribution < -0.4 is 10.6 Å². The first-order chi connectivity index (χ1) is 9.78. The lowest BCUT2D eigenvalue weighted by Crippen LogP contribution is -2.13. The van der Waals surface area contributed by atoms with Gasteiger partial charge >= 0.3 is 0 Å². The fraction of sp³-hybridized carbons (Fsp3) is 0.250. The van der Waals surface area contributed by atoms with Crippen LogP contribution in [-0.4, -0.2) is 38.6 Å². The summed E-state index contributed by atoms with van der Waals surface area (Å²) in [5, 5.41) is 20.0. The average molecular weight is 290 g/mol. The smallest absolute Gasteiger partial charge is 0.226 e. The fourth-order valence-corrected chi connectivity index (χ4v) is 2.56. The van der Waals surface area contributed by atoms with Gasteiger partial charge in [-0.25, -0.2) is 4.98 Å². The van der Waals surface area contributed by atoms with Gasteiger partial charge in [-0.05, 0) is 22.4 Å². The number of anilines is 2. The van der Waals surface area contributed by atoms with Crippen molar-refractivity contribution in [3.8, 4) is 0 Å². The molecule has 0 saturated carbocycles. The zero-order valence-corrected chi connectivity index (χ0v) is 11.6. The van der Waals surface area contributed by atoms with Crippen molar-refractivity contribution in [3.05, 3.63) is 28.7 Å². The van der Waals surface area contributed by atoms with E-state index in [0.29, 0.717) is 24.0 Å². The van der Waals surface area contributed by atoms with Crippen LogP contribution in [0.25, 0.3) is 11.2 Å². The minimum absolute atomic E-state index is 0.366. The van der Waals surface area contributed by atoms with Crippen LogP contribution in [0.5, 0.6) is 0 Å². The normalized spacial score (nSPS) is 12.5. The van der Waals surface area contributed by atoms with Gasteiger partial charge in [0.1, 0.15) is 5.52 Å². The Bertz CT molecular complexity index is 695. The van der Waals surface area contributed by atoms with Crippen molar-refractivity contribution < 1.29 is 5.11 Å². The Hall–Kier alpha value is -2.19. The van der Waals surface area contributed by atoms with Gasteiger partial charge in [0.05, 0.1) is 12.4 Å². The fourth-order valence-electron chi connectivity index (χ4n) is 1.85. The Balaban J connectivity index is 1.81. The molecule has 0 saturated heterocycles. The van der Waals surface area contributed by atoms with Crippen LogP contribution in [0.4, 0.5) is 11.8 Å². The zero-order chi connectivity index (χ0) is 13.9. The standard InChI is InChI=1S/C12H14N6OS/c1-13-12-17-10(9-11(18-12)16-6-15-9)14-4-8(19)7-2-3-20-5-7/h2-3,5-6,8,19H,4H2,1H3,(H3,13,14,15,16,17,18). The molecule has 0 aliphatic heterocycles. The minimum atomic E-state index is -0.577. The Kier molecular flexibility index (Phi) is 3.48. The van der Waals surface area contributed by atoms with Crippen LogP contribution in [0, 0.1) is 0 Å². The maximum Gasteiger partial charge on any atom is 0.226 e. The van der Waals surface area contributed by atoms with E-state index in [-0.39, 0.29) is 0 Å². The molecule has 8 heteroatoms. The van der Waals surface area contributed by atoms with Crippen molar-refractivity contribution in [1.29, 1.82) is 0 Å². The first-order valence-electron chi connectivity index (χ1n) is 6.11. The van der Waals surface area contributed by atoms with Gasteiger partial charge in [0.15, 0.2) is 11.5 Å². The van der Waals surface area contributed by atoms with Crippen molar-refractivity contribution in [2.75, 3.05) is 24.2 Å². The van der Waals surface area contributed by atoms with Gasteiger partial charge in [0, 0.05) is 13.6 Å². The highest BCUT2D eigenvalue weighted by molar-refractivity contribution is 7.07. The Morgan fingerprint density at radius 1 is 1.45 bits per heavy atom. The molecule has 1 atom stereocenters. The van der Waals surface area contributed by atoms with Crippen LogP contribution in [0.1, 0.15) is 11.7 Å². The number of rotatable bonds is 5. The van der Waals surface area contributed by atoms with E-state index in [0.717, 1.165) is 11.1 Å². The maximum absolute atomic E-state index is 10.1. The van der Waals surface area contributed by atoms with Crippen LogP contribution in [0.3, 0.4) is 0 Å². The number of hydrogen-bond acceptors (Lipinski definition) is 7. The van der Waals surface area contributed by atoms with E-state index in [2.05, 4.69) is 30.6 Å². The summed E-state index contributed by atoms with van der Waals surface area (Å²) in [6.07, 6.45) is 0.992. The molecule has 7 nitrogen and oxygen atoms in total. The van der Waals surface area contributed by atoms with E-state index in [1.807, 2.05) is 16.8 Å². The van der Waals surface area contributed by atoms with Crippen LogP contribution in [0.2, 0.25) is 0 Å². The summed E-state index contributed by atoms with van der Waals surface area (Å²) >= 11 is 1.56. The van der Waals surface area contributed by atoms with Crippen LogP contribution in [-0.2, 0) is 0 Å². The third kappa shape index (κ3) is 2.43. The van der Waals surface area contributed by atoms with E-state index >= 15 is 0 Å². The lowest BCUT2D eigenvalue weighted by Gasteiger charge is -2.12. The molecule has 104 valence electrons. The number of fused-ring (bicyclic) bond motifs is 1. The summed E-state index contributed by atoms with van der Waals surface area (Å²) in [6.45, 7) is 0.366. The second kappa shape index (κ2) is 5.43. The average Bonchev–Trinajstić information content (AvgIpc) is 3.14. The summed E-state index contributed by atoms with van der Waals surface area (Å²) in [5.41, 5.74) is 2.20. The van der Waals surface area contributed by atoms with Crippen molar-refractivity contribution >= 4 is 34.3 Å². The lowest BCUT2D eigenvalue weighted by atomic mass is 10.2. The summed E-state index contributed by atoms with van der Waals surface area (Å²) in [6, 6.07) is 1.90. The van der Waals surface area contributed by atoms with Crippen molar-refractivity contribution in [2.24, 2.45) is 0 Å². The van der Waals surface area contributed by atoms with Gasteiger partial charge in [0.2, 0.25) is 5.95 Å². The number of H-pyrrole nitrogens is 1. The molecule has 4 N–H and O–H groups in total. The number of aliphatic hydroxyl groups excluding tert-OH is 1. The van der Waals surface area contributed by atoms with Crippen LogP contribution in [0.15, 0.2) is 23.2 Å². The van der Waals surface area contributed by atoms with E-state index < -0.39 is 6.10 Å². The molecule has 0 spiro atoms. The van der Waals surface area contributed by atoms with Crippen LogP contribution >= 0.6 is 11.3 Å². The Morgan fingerprint density at radius 3 is 3.10 bits per heavy atom. The molecule has 0 aliphatic rings. The molecular formula is C12H14N6OS. The molecule has 0 radical (unpaired) electrons. The predicted molar refractivity (Wildman–Crippen MR) is 79.0 cm³/mol. The minimum Gasteiger partial charge on any atom is -0.387 e. The molecule has 3 aromatic rings. The number of thiophene rings is 1. The van der Waals surface area contributed by atoms with Crippen molar-refractivity contribution in [3.63, 3.8) is 0 Å². The van der Waals surface area contributed by atoms with E-state index in [1.54, 1.807) is 24.7 Å². The SMILES string of the molecule is CNc1nc(NCC(O)c2ccsc2)c2[nH]cnc2n1. The van der Waals surface area contributed by atoms with Gasteiger partial charge in [0.25, 0.3) is 0 Å². The molecular weight excluding hydrogens is 276 g/mol. The van der Waals surface area contributed by atoms with E-state index in [4.69, 9.17) is 0 Å². The number of aromatic amines is 1. The van der Waals surface area contributed by atoms with Crippen molar-refractivity contribution in [1.82, 2.24) is 19.9 Å². The van der Waals surface area contributed by atoms with Gasteiger partial charge in [-0.3, -0.25) is 0 Å². The second-order valence-electron chi connectivity index (χ2n) is 4.20. The topological polar surface area (TPSA) is 98.8 Å². The summed E-state index contributed by atoms with van der Waals surface area (Å²) in [4.78, 5) is 15.7. The summed E-state index contributed by atoms with van der Waals surface area (Å²) in [5.74, 6) is 1.10. The number of nitrogens with one attached hydrogen (secondary N) is 3. The quantitative estimate of drug-likeness (QED) is 0.570. The largest absolute Gasteiger partial charge is 0.387 e.